The molecule has 0 heterocycles. The molecule has 0 aliphatic rings. The first-order valence-corrected chi connectivity index (χ1v) is 31.2. The van der Waals surface area contributed by atoms with Crippen LogP contribution < -0.4 is 5.32 Å². The van der Waals surface area contributed by atoms with Gasteiger partial charge < -0.3 is 15.5 Å². The van der Waals surface area contributed by atoms with Gasteiger partial charge in [0.1, 0.15) is 0 Å². The zero-order valence-corrected chi connectivity index (χ0v) is 46.4. The zero-order chi connectivity index (χ0) is 49.2. The lowest BCUT2D eigenvalue weighted by Gasteiger charge is -2.19. The average molecular weight is 955 g/mol. The van der Waals surface area contributed by atoms with Crippen LogP contribution in [-0.2, 0) is 4.79 Å². The van der Waals surface area contributed by atoms with E-state index in [9.17, 15) is 15.0 Å². The Labute approximate surface area is 427 Å². The van der Waals surface area contributed by atoms with E-state index in [4.69, 9.17) is 0 Å². The van der Waals surface area contributed by atoms with Crippen LogP contribution in [0.2, 0.25) is 0 Å². The summed E-state index contributed by atoms with van der Waals surface area (Å²) in [6.45, 7) is 4.34. The summed E-state index contributed by atoms with van der Waals surface area (Å²) < 4.78 is 0. The lowest BCUT2D eigenvalue weighted by Crippen LogP contribution is -2.45. The molecule has 0 aliphatic heterocycles. The van der Waals surface area contributed by atoms with E-state index in [1.807, 2.05) is 6.08 Å². The molecule has 0 saturated heterocycles. The van der Waals surface area contributed by atoms with Crippen LogP contribution in [0, 0.1) is 0 Å². The first-order valence-electron chi connectivity index (χ1n) is 31.2. The van der Waals surface area contributed by atoms with Crippen molar-refractivity contribution in [1.82, 2.24) is 5.32 Å². The van der Waals surface area contributed by atoms with Crippen LogP contribution in [-0.4, -0.2) is 34.9 Å². The molecule has 0 radical (unpaired) electrons. The molecule has 0 aromatic heterocycles. The molecular formula is C64H123NO3. The van der Waals surface area contributed by atoms with E-state index < -0.39 is 12.1 Å². The van der Waals surface area contributed by atoms with Gasteiger partial charge in [0, 0.05) is 6.42 Å². The normalized spacial score (nSPS) is 12.9. The zero-order valence-electron chi connectivity index (χ0n) is 46.4. The maximum absolute atomic E-state index is 12.5. The molecule has 68 heavy (non-hydrogen) atoms. The van der Waals surface area contributed by atoms with E-state index in [1.165, 1.54) is 289 Å². The van der Waals surface area contributed by atoms with E-state index in [2.05, 4.69) is 43.5 Å². The highest BCUT2D eigenvalue weighted by atomic mass is 16.3. The average Bonchev–Trinajstić information content (AvgIpc) is 3.34. The van der Waals surface area contributed by atoms with Crippen molar-refractivity contribution in [3.63, 3.8) is 0 Å². The Morgan fingerprint density at radius 2 is 0.574 bits per heavy atom. The highest BCUT2D eigenvalue weighted by Crippen LogP contribution is 2.18. The lowest BCUT2D eigenvalue weighted by molar-refractivity contribution is -0.123. The number of carbonyl (C=O) groups excluding carboxylic acids is 1. The first kappa shape index (κ1) is 66.6. The number of allylic oxidation sites excluding steroid dienone is 5. The Morgan fingerprint density at radius 3 is 0.853 bits per heavy atom. The third-order valence-electron chi connectivity index (χ3n) is 14.6. The van der Waals surface area contributed by atoms with E-state index in [0.29, 0.717) is 6.42 Å². The van der Waals surface area contributed by atoms with E-state index >= 15 is 0 Å². The van der Waals surface area contributed by atoms with Crippen molar-refractivity contribution < 1.29 is 15.0 Å². The van der Waals surface area contributed by atoms with Gasteiger partial charge in [0.05, 0.1) is 18.8 Å². The molecule has 0 rings (SSSR count). The van der Waals surface area contributed by atoms with Gasteiger partial charge in [0.15, 0.2) is 0 Å². The molecule has 2 atom stereocenters. The second-order valence-corrected chi connectivity index (χ2v) is 21.5. The molecule has 2 unspecified atom stereocenters. The minimum Gasteiger partial charge on any atom is -0.394 e. The molecule has 0 aromatic rings. The monoisotopic (exact) mass is 954 g/mol. The fourth-order valence-electron chi connectivity index (χ4n) is 9.86. The Morgan fingerprint density at radius 1 is 0.338 bits per heavy atom. The maximum atomic E-state index is 12.5. The van der Waals surface area contributed by atoms with Crippen LogP contribution in [0.15, 0.2) is 36.5 Å². The molecule has 0 aliphatic carbocycles. The van der Waals surface area contributed by atoms with Gasteiger partial charge in [0.25, 0.3) is 0 Å². The Bertz CT molecular complexity index is 1040. The number of hydrogen-bond donors (Lipinski definition) is 3. The second-order valence-electron chi connectivity index (χ2n) is 21.5. The summed E-state index contributed by atoms with van der Waals surface area (Å²) in [6.07, 6.45) is 82.0. The molecule has 0 fully saturated rings. The van der Waals surface area contributed by atoms with Crippen molar-refractivity contribution in [3.8, 4) is 0 Å². The molecule has 3 N–H and O–H groups in total. The third-order valence-corrected chi connectivity index (χ3v) is 14.6. The van der Waals surface area contributed by atoms with Crippen LogP contribution in [0.4, 0.5) is 0 Å². The van der Waals surface area contributed by atoms with E-state index in [1.54, 1.807) is 6.08 Å². The highest BCUT2D eigenvalue weighted by molar-refractivity contribution is 5.76. The molecule has 0 bridgehead atoms. The fourth-order valence-corrected chi connectivity index (χ4v) is 9.86. The molecule has 0 saturated carbocycles. The van der Waals surface area contributed by atoms with Crippen molar-refractivity contribution in [3.05, 3.63) is 36.5 Å². The molecule has 4 heteroatoms. The molecule has 1 amide bonds. The SMILES string of the molecule is CCCCCCCCCCCCCCCCCCCCC/C=C/CC/C=C/CC/C=C/C(O)C(CO)NC(=O)CCCCCCCCCCCCCCCCCCCCCCCCCCCCC. The van der Waals surface area contributed by atoms with Gasteiger partial charge in [-0.1, -0.05) is 333 Å². The Hall–Kier alpha value is -1.39. The van der Waals surface area contributed by atoms with Crippen molar-refractivity contribution in [1.29, 1.82) is 0 Å². The van der Waals surface area contributed by atoms with Crippen LogP contribution in [0.25, 0.3) is 0 Å². The summed E-state index contributed by atoms with van der Waals surface area (Å²) in [6, 6.07) is -0.645. The largest absolute Gasteiger partial charge is 0.394 e. The summed E-state index contributed by atoms with van der Waals surface area (Å²) in [7, 11) is 0. The van der Waals surface area contributed by atoms with Crippen LogP contribution in [0.3, 0.4) is 0 Å². The third kappa shape index (κ3) is 55.5. The summed E-state index contributed by atoms with van der Waals surface area (Å²) in [5.74, 6) is -0.0707. The summed E-state index contributed by atoms with van der Waals surface area (Å²) in [5.41, 5.74) is 0. The smallest absolute Gasteiger partial charge is 0.220 e. The topological polar surface area (TPSA) is 69.6 Å². The van der Waals surface area contributed by atoms with Crippen LogP contribution in [0.1, 0.15) is 348 Å². The predicted molar refractivity (Wildman–Crippen MR) is 304 cm³/mol. The number of unbranched alkanes of at least 4 members (excludes halogenated alkanes) is 47. The molecular weight excluding hydrogens is 831 g/mol. The summed E-state index contributed by atoms with van der Waals surface area (Å²) in [5, 5.41) is 23.2. The summed E-state index contributed by atoms with van der Waals surface area (Å²) >= 11 is 0. The van der Waals surface area contributed by atoms with E-state index in [-0.39, 0.29) is 12.5 Å². The van der Waals surface area contributed by atoms with Crippen molar-refractivity contribution in [2.75, 3.05) is 6.61 Å². The number of amides is 1. The molecule has 0 aromatic carbocycles. The van der Waals surface area contributed by atoms with Gasteiger partial charge >= 0.3 is 0 Å². The van der Waals surface area contributed by atoms with Gasteiger partial charge in [-0.25, -0.2) is 0 Å². The van der Waals surface area contributed by atoms with Crippen molar-refractivity contribution >= 4 is 5.91 Å². The number of aliphatic hydroxyl groups excluding tert-OH is 2. The molecule has 4 nitrogen and oxygen atoms in total. The Balaban J connectivity index is 3.50. The fraction of sp³-hybridized carbons (Fsp3) is 0.891. The number of rotatable bonds is 58. The van der Waals surface area contributed by atoms with Crippen LogP contribution in [0.5, 0.6) is 0 Å². The first-order chi connectivity index (χ1) is 33.7. The number of carbonyl (C=O) groups is 1. The second kappa shape index (κ2) is 59.9. The highest BCUT2D eigenvalue weighted by Gasteiger charge is 2.18. The standard InChI is InChI=1S/C64H123NO3/c1-3-5-7-9-11-13-15-17-19-21-23-25-27-29-31-32-34-35-37-39-41-43-45-47-49-51-53-55-57-59-63(67)62(61-66)65-64(68)60-58-56-54-52-50-48-46-44-42-40-38-36-33-30-28-26-24-22-20-18-16-14-12-10-8-6-4-2/h41,43,49,51,57,59,62-63,66-67H,3-40,42,44-48,50,52-56,58,60-61H2,1-2H3,(H,65,68)/b43-41+,51-49+,59-57+. The minimum atomic E-state index is -0.870. The van der Waals surface area contributed by atoms with Crippen LogP contribution >= 0.6 is 0 Å². The van der Waals surface area contributed by atoms with Crippen molar-refractivity contribution in [2.45, 2.75) is 360 Å². The Kier molecular flexibility index (Phi) is 58.7. The van der Waals surface area contributed by atoms with Gasteiger partial charge in [-0.05, 0) is 44.9 Å². The number of aliphatic hydroxyl groups is 2. The predicted octanol–water partition coefficient (Wildman–Crippen LogP) is 20.8. The van der Waals surface area contributed by atoms with E-state index in [0.717, 1.165) is 38.5 Å². The summed E-state index contributed by atoms with van der Waals surface area (Å²) in [4.78, 5) is 12.5. The van der Waals surface area contributed by atoms with Gasteiger partial charge in [0.2, 0.25) is 5.91 Å². The quantitative estimate of drug-likeness (QED) is 0.0420. The lowest BCUT2D eigenvalue weighted by atomic mass is 10.0. The molecule has 0 spiro atoms. The van der Waals surface area contributed by atoms with Crippen molar-refractivity contribution in [2.24, 2.45) is 0 Å². The number of nitrogens with one attached hydrogen (secondary N) is 1. The number of hydrogen-bond acceptors (Lipinski definition) is 3. The van der Waals surface area contributed by atoms with Gasteiger partial charge in [-0.15, -0.1) is 0 Å². The van der Waals surface area contributed by atoms with Gasteiger partial charge in [-0.3, -0.25) is 4.79 Å². The maximum Gasteiger partial charge on any atom is 0.220 e. The van der Waals surface area contributed by atoms with Gasteiger partial charge in [-0.2, -0.15) is 0 Å². The molecule has 402 valence electrons. The minimum absolute atomic E-state index is 0.0707.